The van der Waals surface area contributed by atoms with Crippen molar-refractivity contribution in [2.75, 3.05) is 0 Å². The van der Waals surface area contributed by atoms with Gasteiger partial charge in [0.25, 0.3) is 0 Å². The number of hydrogen-bond donors (Lipinski definition) is 1. The van der Waals surface area contributed by atoms with E-state index in [9.17, 15) is 9.90 Å². The summed E-state index contributed by atoms with van der Waals surface area (Å²) in [6, 6.07) is 15.3. The average Bonchev–Trinajstić information content (AvgIpc) is 2.52. The lowest BCUT2D eigenvalue weighted by Crippen LogP contribution is -1.99. The zero-order valence-corrected chi connectivity index (χ0v) is 14.8. The summed E-state index contributed by atoms with van der Waals surface area (Å²) in [5, 5.41) is 9.23. The van der Waals surface area contributed by atoms with E-state index in [2.05, 4.69) is 6.58 Å². The smallest absolute Gasteiger partial charge is 0.342 e. The zero-order valence-electron chi connectivity index (χ0n) is 14.0. The molecule has 1 N–H and O–H groups in total. The molecule has 0 saturated heterocycles. The summed E-state index contributed by atoms with van der Waals surface area (Å²) in [7, 11) is 0. The predicted octanol–water partition coefficient (Wildman–Crippen LogP) is 5.87. The Bertz CT molecular complexity index is 785. The SMILES string of the molecule is C=C(SC(C(=O)O)=C(C)C)c1ccc(Oc2cccc(C)c2)cc1. The first-order chi connectivity index (χ1) is 11.4. The van der Waals surface area contributed by atoms with Gasteiger partial charge in [-0.25, -0.2) is 4.79 Å². The minimum Gasteiger partial charge on any atom is -0.477 e. The van der Waals surface area contributed by atoms with Crippen LogP contribution in [0.15, 0.2) is 65.6 Å². The van der Waals surface area contributed by atoms with Gasteiger partial charge in [-0.3, -0.25) is 0 Å². The van der Waals surface area contributed by atoms with Crippen molar-refractivity contribution in [3.8, 4) is 11.5 Å². The minimum absolute atomic E-state index is 0.306. The quantitative estimate of drug-likeness (QED) is 0.668. The van der Waals surface area contributed by atoms with Gasteiger partial charge in [0.1, 0.15) is 11.5 Å². The van der Waals surface area contributed by atoms with E-state index in [1.54, 1.807) is 13.8 Å². The second kappa shape index (κ2) is 7.88. The molecule has 4 heteroatoms. The van der Waals surface area contributed by atoms with Gasteiger partial charge in [-0.2, -0.15) is 0 Å². The molecule has 0 fully saturated rings. The van der Waals surface area contributed by atoms with Crippen molar-refractivity contribution in [1.82, 2.24) is 0 Å². The molecule has 0 saturated carbocycles. The van der Waals surface area contributed by atoms with Gasteiger partial charge in [-0.15, -0.1) is 0 Å². The summed E-state index contributed by atoms with van der Waals surface area (Å²) in [5.41, 5.74) is 2.77. The Balaban J connectivity index is 2.10. The fraction of sp³-hybridized carbons (Fsp3) is 0.150. The molecule has 0 atom stereocenters. The van der Waals surface area contributed by atoms with Gasteiger partial charge in [0.2, 0.25) is 0 Å². The van der Waals surface area contributed by atoms with E-state index in [-0.39, 0.29) is 0 Å². The van der Waals surface area contributed by atoms with Crippen LogP contribution < -0.4 is 4.74 Å². The van der Waals surface area contributed by atoms with Gasteiger partial charge in [0, 0.05) is 4.91 Å². The molecule has 2 aromatic rings. The third-order valence-electron chi connectivity index (χ3n) is 3.28. The van der Waals surface area contributed by atoms with Crippen molar-refractivity contribution in [3.63, 3.8) is 0 Å². The van der Waals surface area contributed by atoms with Gasteiger partial charge in [-0.05, 0) is 56.2 Å². The lowest BCUT2D eigenvalue weighted by molar-refractivity contribution is -0.131. The van der Waals surface area contributed by atoms with Gasteiger partial charge >= 0.3 is 5.97 Å². The van der Waals surface area contributed by atoms with Crippen LogP contribution in [-0.2, 0) is 4.79 Å². The molecule has 0 aromatic heterocycles. The van der Waals surface area contributed by atoms with Crippen LogP contribution in [0.3, 0.4) is 0 Å². The molecule has 124 valence electrons. The highest BCUT2D eigenvalue weighted by atomic mass is 32.2. The molecular weight excluding hydrogens is 320 g/mol. The van der Waals surface area contributed by atoms with Crippen molar-refractivity contribution >= 4 is 22.6 Å². The monoisotopic (exact) mass is 340 g/mol. The van der Waals surface area contributed by atoms with Crippen molar-refractivity contribution in [2.24, 2.45) is 0 Å². The second-order valence-electron chi connectivity index (χ2n) is 5.60. The van der Waals surface area contributed by atoms with Crippen LogP contribution in [0.2, 0.25) is 0 Å². The maximum atomic E-state index is 11.3. The summed E-state index contributed by atoms with van der Waals surface area (Å²) >= 11 is 1.17. The lowest BCUT2D eigenvalue weighted by atomic mass is 10.2. The molecule has 0 heterocycles. The maximum Gasteiger partial charge on any atom is 0.342 e. The number of hydrogen-bond acceptors (Lipinski definition) is 3. The number of aliphatic carboxylic acids is 1. The van der Waals surface area contributed by atoms with Crippen LogP contribution in [0, 0.1) is 6.92 Å². The summed E-state index contributed by atoms with van der Waals surface area (Å²) in [6.45, 7) is 9.55. The average molecular weight is 340 g/mol. The number of aryl methyl sites for hydroxylation is 1. The van der Waals surface area contributed by atoms with Crippen LogP contribution >= 0.6 is 11.8 Å². The van der Waals surface area contributed by atoms with Crippen LogP contribution in [0.1, 0.15) is 25.0 Å². The van der Waals surface area contributed by atoms with E-state index in [0.717, 1.165) is 28.2 Å². The van der Waals surface area contributed by atoms with Crippen LogP contribution in [-0.4, -0.2) is 11.1 Å². The fourth-order valence-electron chi connectivity index (χ4n) is 2.07. The number of allylic oxidation sites excluding steroid dienone is 1. The van der Waals surface area contributed by atoms with Crippen molar-refractivity contribution in [2.45, 2.75) is 20.8 Å². The number of ether oxygens (including phenoxy) is 1. The van der Waals surface area contributed by atoms with Gasteiger partial charge in [0.05, 0.1) is 4.91 Å². The Morgan fingerprint density at radius 2 is 1.75 bits per heavy atom. The standard InChI is InChI=1S/C20H20O3S/c1-13(2)19(20(21)22)24-15(4)16-8-10-17(11-9-16)23-18-7-5-6-14(3)12-18/h5-12H,4H2,1-3H3,(H,21,22). The number of carboxylic acids is 1. The minimum atomic E-state index is -0.930. The van der Waals surface area contributed by atoms with Gasteiger partial charge < -0.3 is 9.84 Å². The molecule has 0 aliphatic heterocycles. The highest BCUT2D eigenvalue weighted by Gasteiger charge is 2.13. The Labute approximate surface area is 146 Å². The molecule has 3 nitrogen and oxygen atoms in total. The summed E-state index contributed by atoms with van der Waals surface area (Å²) in [6.07, 6.45) is 0. The predicted molar refractivity (Wildman–Crippen MR) is 100 cm³/mol. The van der Waals surface area contributed by atoms with Crippen LogP contribution in [0.25, 0.3) is 4.91 Å². The fourth-order valence-corrected chi connectivity index (χ4v) is 2.86. The highest BCUT2D eigenvalue weighted by Crippen LogP contribution is 2.35. The molecule has 0 amide bonds. The molecule has 0 bridgehead atoms. The molecule has 0 aliphatic rings. The number of carboxylic acid groups (broad SMARTS) is 1. The Kier molecular flexibility index (Phi) is 5.88. The summed E-state index contributed by atoms with van der Waals surface area (Å²) in [4.78, 5) is 12.2. The van der Waals surface area contributed by atoms with Crippen LogP contribution in [0.5, 0.6) is 11.5 Å². The molecule has 24 heavy (non-hydrogen) atoms. The highest BCUT2D eigenvalue weighted by molar-refractivity contribution is 8.12. The molecule has 0 radical (unpaired) electrons. The zero-order chi connectivity index (χ0) is 17.7. The second-order valence-corrected chi connectivity index (χ2v) is 6.71. The van der Waals surface area contributed by atoms with E-state index in [1.165, 1.54) is 11.8 Å². The molecule has 2 rings (SSSR count). The number of rotatable bonds is 6. The molecule has 0 aliphatic carbocycles. The summed E-state index contributed by atoms with van der Waals surface area (Å²) in [5.74, 6) is 0.581. The summed E-state index contributed by atoms with van der Waals surface area (Å²) < 4.78 is 5.81. The Morgan fingerprint density at radius 3 is 2.29 bits per heavy atom. The molecular formula is C20H20O3S. The van der Waals surface area contributed by atoms with Crippen molar-refractivity contribution in [1.29, 1.82) is 0 Å². The van der Waals surface area contributed by atoms with Crippen molar-refractivity contribution < 1.29 is 14.6 Å². The third kappa shape index (κ3) is 4.77. The lowest BCUT2D eigenvalue weighted by Gasteiger charge is -2.10. The van der Waals surface area contributed by atoms with E-state index in [0.29, 0.717) is 9.81 Å². The molecule has 0 spiro atoms. The third-order valence-corrected chi connectivity index (χ3v) is 4.54. The first-order valence-electron chi connectivity index (χ1n) is 7.49. The number of thioether (sulfide) groups is 1. The van der Waals surface area contributed by atoms with Crippen LogP contribution in [0.4, 0.5) is 0 Å². The van der Waals surface area contributed by atoms with Gasteiger partial charge in [0.15, 0.2) is 0 Å². The van der Waals surface area contributed by atoms with Gasteiger partial charge in [-0.1, -0.05) is 48.2 Å². The normalized spacial score (nSPS) is 10.1. The first kappa shape index (κ1) is 17.9. The van der Waals surface area contributed by atoms with E-state index in [1.807, 2.05) is 55.5 Å². The van der Waals surface area contributed by atoms with E-state index >= 15 is 0 Å². The van der Waals surface area contributed by atoms with E-state index in [4.69, 9.17) is 4.74 Å². The molecule has 0 unspecified atom stereocenters. The number of benzene rings is 2. The Morgan fingerprint density at radius 1 is 1.08 bits per heavy atom. The number of carbonyl (C=O) groups is 1. The topological polar surface area (TPSA) is 46.5 Å². The first-order valence-corrected chi connectivity index (χ1v) is 8.31. The van der Waals surface area contributed by atoms with Crippen molar-refractivity contribution in [3.05, 3.63) is 76.7 Å². The molecule has 2 aromatic carbocycles. The maximum absolute atomic E-state index is 11.3. The van der Waals surface area contributed by atoms with E-state index < -0.39 is 5.97 Å². The Hall–Kier alpha value is -2.46. The largest absolute Gasteiger partial charge is 0.477 e.